The number of hydrogen-bond donors (Lipinski definition) is 2. The molecule has 0 spiro atoms. The van der Waals surface area contributed by atoms with Crippen LogP contribution in [0.15, 0.2) is 29.3 Å². The highest BCUT2D eigenvalue weighted by Crippen LogP contribution is 2.48. The Morgan fingerprint density at radius 3 is 2.56 bits per heavy atom. The monoisotopic (exact) mass is 376 g/mol. The molecule has 6 heteroatoms. The molecule has 1 saturated carbocycles. The van der Waals surface area contributed by atoms with Crippen LogP contribution in [-0.4, -0.2) is 62.8 Å². The van der Waals surface area contributed by atoms with Crippen LogP contribution in [0.1, 0.15) is 38.7 Å². The van der Waals surface area contributed by atoms with Gasteiger partial charge in [0.05, 0.1) is 12.2 Å². The summed E-state index contributed by atoms with van der Waals surface area (Å²) in [4.78, 5) is 6.78. The predicted octanol–water partition coefficient (Wildman–Crippen LogP) is 2.52. The van der Waals surface area contributed by atoms with E-state index >= 15 is 0 Å². The molecular weight excluding hydrogens is 343 g/mol. The number of benzene rings is 1. The molecule has 0 radical (unpaired) electrons. The topological polar surface area (TPSA) is 48.9 Å². The van der Waals surface area contributed by atoms with Crippen molar-refractivity contribution in [3.63, 3.8) is 0 Å². The molecule has 1 aliphatic heterocycles. The van der Waals surface area contributed by atoms with Crippen LogP contribution in [0.5, 0.6) is 0 Å². The summed E-state index contributed by atoms with van der Waals surface area (Å²) < 4.78 is 19.9. The number of aliphatic imine (C=N–C) groups is 1. The Balaban J connectivity index is 1.39. The summed E-state index contributed by atoms with van der Waals surface area (Å²) in [5.41, 5.74) is 0.742. The summed E-state index contributed by atoms with van der Waals surface area (Å²) >= 11 is 0. The van der Waals surface area contributed by atoms with E-state index in [-0.39, 0.29) is 11.2 Å². The van der Waals surface area contributed by atoms with Gasteiger partial charge in [-0.3, -0.25) is 9.89 Å². The van der Waals surface area contributed by atoms with Crippen molar-refractivity contribution in [2.24, 2.45) is 4.99 Å². The number of rotatable bonds is 7. The Labute approximate surface area is 162 Å². The number of guanidine groups is 1. The average Bonchev–Trinajstić information content (AvgIpc) is 3.41. The van der Waals surface area contributed by atoms with E-state index in [0.29, 0.717) is 18.8 Å². The van der Waals surface area contributed by atoms with Crippen molar-refractivity contribution in [3.05, 3.63) is 35.6 Å². The number of nitrogens with one attached hydrogen (secondary N) is 2. The van der Waals surface area contributed by atoms with Crippen molar-refractivity contribution in [2.45, 2.75) is 50.7 Å². The molecule has 27 heavy (non-hydrogen) atoms. The lowest BCUT2D eigenvalue weighted by molar-refractivity contribution is -0.0679. The van der Waals surface area contributed by atoms with Crippen LogP contribution < -0.4 is 10.6 Å². The fourth-order valence-electron chi connectivity index (χ4n) is 4.03. The molecule has 2 N–H and O–H groups in total. The molecule has 2 unspecified atom stereocenters. The van der Waals surface area contributed by atoms with Gasteiger partial charge in [0.1, 0.15) is 5.82 Å². The van der Waals surface area contributed by atoms with Gasteiger partial charge in [0, 0.05) is 45.2 Å². The van der Waals surface area contributed by atoms with Crippen molar-refractivity contribution in [2.75, 3.05) is 39.8 Å². The quantitative estimate of drug-likeness (QED) is 0.436. The van der Waals surface area contributed by atoms with Gasteiger partial charge in [-0.05, 0) is 44.7 Å². The van der Waals surface area contributed by atoms with E-state index in [1.165, 1.54) is 0 Å². The normalized spacial score (nSPS) is 25.3. The fraction of sp³-hybridized carbons (Fsp3) is 0.667. The van der Waals surface area contributed by atoms with Crippen LogP contribution in [0.4, 0.5) is 4.39 Å². The van der Waals surface area contributed by atoms with Crippen molar-refractivity contribution in [1.82, 2.24) is 15.5 Å². The third-order valence-corrected chi connectivity index (χ3v) is 5.56. The summed E-state index contributed by atoms with van der Waals surface area (Å²) in [6, 6.07) is 7.12. The van der Waals surface area contributed by atoms with Gasteiger partial charge in [-0.15, -0.1) is 0 Å². The summed E-state index contributed by atoms with van der Waals surface area (Å²) in [7, 11) is 1.78. The van der Waals surface area contributed by atoms with E-state index in [4.69, 9.17) is 4.74 Å². The Hall–Kier alpha value is -1.66. The Morgan fingerprint density at radius 2 is 1.93 bits per heavy atom. The molecule has 0 bridgehead atoms. The van der Waals surface area contributed by atoms with Crippen molar-refractivity contribution < 1.29 is 9.13 Å². The maximum atomic E-state index is 14.1. The number of ether oxygens (including phenoxy) is 1. The molecule has 2 fully saturated rings. The Bertz CT molecular complexity index is 637. The van der Waals surface area contributed by atoms with Gasteiger partial charge in [0.15, 0.2) is 5.96 Å². The molecule has 1 heterocycles. The molecule has 2 atom stereocenters. The van der Waals surface area contributed by atoms with Crippen LogP contribution >= 0.6 is 0 Å². The average molecular weight is 377 g/mol. The second kappa shape index (κ2) is 9.02. The van der Waals surface area contributed by atoms with Crippen molar-refractivity contribution in [1.29, 1.82) is 0 Å². The largest absolute Gasteiger partial charge is 0.373 e. The first-order valence-corrected chi connectivity index (χ1v) is 10.1. The van der Waals surface area contributed by atoms with Gasteiger partial charge in [-0.2, -0.15) is 0 Å². The number of hydrogen-bond acceptors (Lipinski definition) is 3. The van der Waals surface area contributed by atoms with Crippen molar-refractivity contribution >= 4 is 5.96 Å². The SMILES string of the molecule is CN=C(NCCCN1CC(C)OC(C)C1)NCC1(c2ccccc2F)CC1. The van der Waals surface area contributed by atoms with Crippen LogP contribution in [0.2, 0.25) is 0 Å². The van der Waals surface area contributed by atoms with Crippen molar-refractivity contribution in [3.8, 4) is 0 Å². The van der Waals surface area contributed by atoms with E-state index < -0.39 is 0 Å². The first-order chi connectivity index (χ1) is 13.0. The van der Waals surface area contributed by atoms with Gasteiger partial charge >= 0.3 is 0 Å². The van der Waals surface area contributed by atoms with E-state index in [9.17, 15) is 4.39 Å². The maximum absolute atomic E-state index is 14.1. The molecule has 1 saturated heterocycles. The van der Waals surface area contributed by atoms with Gasteiger partial charge in [0.2, 0.25) is 0 Å². The van der Waals surface area contributed by atoms with Gasteiger partial charge < -0.3 is 15.4 Å². The minimum Gasteiger partial charge on any atom is -0.373 e. The third-order valence-electron chi connectivity index (χ3n) is 5.56. The highest BCUT2D eigenvalue weighted by molar-refractivity contribution is 5.79. The summed E-state index contributed by atoms with van der Waals surface area (Å²) in [6.45, 7) is 8.91. The van der Waals surface area contributed by atoms with Gasteiger partial charge in [0.25, 0.3) is 0 Å². The van der Waals surface area contributed by atoms with Crippen LogP contribution in [0.25, 0.3) is 0 Å². The molecule has 150 valence electrons. The molecule has 3 rings (SSSR count). The smallest absolute Gasteiger partial charge is 0.191 e. The molecule has 1 aliphatic carbocycles. The lowest BCUT2D eigenvalue weighted by atomic mass is 9.95. The zero-order chi connectivity index (χ0) is 19.3. The minimum absolute atomic E-state index is 0.0803. The molecular formula is C21H33FN4O. The number of nitrogens with zero attached hydrogens (tertiary/aromatic N) is 2. The van der Waals surface area contributed by atoms with E-state index in [1.807, 2.05) is 12.1 Å². The number of halogens is 1. The Morgan fingerprint density at radius 1 is 1.22 bits per heavy atom. The third kappa shape index (κ3) is 5.42. The second-order valence-corrected chi connectivity index (χ2v) is 7.98. The minimum atomic E-state index is -0.103. The lowest BCUT2D eigenvalue weighted by Crippen LogP contribution is -2.46. The van der Waals surface area contributed by atoms with Gasteiger partial charge in [-0.25, -0.2) is 4.39 Å². The molecule has 2 aliphatic rings. The highest BCUT2D eigenvalue weighted by Gasteiger charge is 2.45. The zero-order valence-electron chi connectivity index (χ0n) is 16.8. The molecule has 1 aromatic carbocycles. The first kappa shape index (κ1) is 20.1. The lowest BCUT2D eigenvalue weighted by Gasteiger charge is -2.35. The van der Waals surface area contributed by atoms with E-state index in [0.717, 1.165) is 57.0 Å². The summed E-state index contributed by atoms with van der Waals surface area (Å²) in [6.07, 6.45) is 3.71. The highest BCUT2D eigenvalue weighted by atomic mass is 19.1. The van der Waals surface area contributed by atoms with E-state index in [2.05, 4.69) is 34.4 Å². The van der Waals surface area contributed by atoms with Crippen LogP contribution in [0.3, 0.4) is 0 Å². The Kier molecular flexibility index (Phi) is 6.71. The van der Waals surface area contributed by atoms with Crippen LogP contribution in [-0.2, 0) is 10.2 Å². The van der Waals surface area contributed by atoms with E-state index in [1.54, 1.807) is 19.2 Å². The van der Waals surface area contributed by atoms with Gasteiger partial charge in [-0.1, -0.05) is 18.2 Å². The number of morpholine rings is 1. The van der Waals surface area contributed by atoms with Crippen LogP contribution in [0, 0.1) is 5.82 Å². The predicted molar refractivity (Wildman–Crippen MR) is 108 cm³/mol. The molecule has 5 nitrogen and oxygen atoms in total. The summed E-state index contributed by atoms with van der Waals surface area (Å²) in [5, 5.41) is 6.77. The molecule has 0 amide bonds. The zero-order valence-corrected chi connectivity index (χ0v) is 16.8. The molecule has 0 aromatic heterocycles. The molecule has 1 aromatic rings. The second-order valence-electron chi connectivity index (χ2n) is 7.98. The maximum Gasteiger partial charge on any atom is 0.191 e. The standard InChI is InChI=1S/C21H33FN4O/c1-16-13-26(14-17(2)27-16)12-6-11-24-20(23-3)25-15-21(9-10-21)18-7-4-5-8-19(18)22/h4-5,7-8,16-17H,6,9-15H2,1-3H3,(H2,23,24,25). The fourth-order valence-corrected chi connectivity index (χ4v) is 4.03. The summed E-state index contributed by atoms with van der Waals surface area (Å²) in [5.74, 6) is 0.690. The first-order valence-electron chi connectivity index (χ1n) is 10.1.